The molecule has 0 saturated heterocycles. The summed E-state index contributed by atoms with van der Waals surface area (Å²) in [6.07, 6.45) is 5.44. The van der Waals surface area contributed by atoms with Crippen LogP contribution in [0.3, 0.4) is 0 Å². The first-order valence-electron chi connectivity index (χ1n) is 10.1. The highest BCUT2D eigenvalue weighted by Crippen LogP contribution is 2.38. The van der Waals surface area contributed by atoms with E-state index in [0.717, 1.165) is 42.6 Å². The van der Waals surface area contributed by atoms with Crippen LogP contribution in [0.25, 0.3) is 0 Å². The molecule has 1 aliphatic carbocycles. The average molecular weight is 377 g/mol. The molecule has 6 heteroatoms. The van der Waals surface area contributed by atoms with E-state index in [9.17, 15) is 5.11 Å². The van der Waals surface area contributed by atoms with Crippen molar-refractivity contribution in [3.8, 4) is 0 Å². The van der Waals surface area contributed by atoms with Crippen molar-refractivity contribution >= 4 is 0 Å². The second-order valence-electron chi connectivity index (χ2n) is 7.46. The Balaban J connectivity index is 1.82. The summed E-state index contributed by atoms with van der Waals surface area (Å²) in [6.45, 7) is 0.637. The van der Waals surface area contributed by atoms with Crippen LogP contribution >= 0.6 is 0 Å². The highest BCUT2D eigenvalue weighted by atomic mass is 16.3. The van der Waals surface area contributed by atoms with Gasteiger partial charge in [0.1, 0.15) is 6.04 Å². The van der Waals surface area contributed by atoms with Crippen molar-refractivity contribution in [2.75, 3.05) is 13.2 Å². The molecule has 0 aliphatic heterocycles. The van der Waals surface area contributed by atoms with Crippen LogP contribution in [0.4, 0.5) is 0 Å². The van der Waals surface area contributed by atoms with Gasteiger partial charge in [0.25, 0.3) is 0 Å². The molecule has 0 bridgehead atoms. The van der Waals surface area contributed by atoms with E-state index in [1.807, 2.05) is 16.8 Å². The Labute approximate surface area is 165 Å². The molecule has 1 fully saturated rings. The number of hydrogen-bond acceptors (Lipinski definition) is 5. The number of nitrogens with one attached hydrogen (secondary N) is 1. The Hall–Kier alpha value is -2.57. The zero-order chi connectivity index (χ0) is 19.2. The summed E-state index contributed by atoms with van der Waals surface area (Å²) >= 11 is 0. The summed E-state index contributed by atoms with van der Waals surface area (Å²) < 4.78 is 1.97. The minimum Gasteiger partial charge on any atom is -0.395 e. The Morgan fingerprint density at radius 2 is 1.54 bits per heavy atom. The Morgan fingerprint density at radius 1 is 0.929 bits per heavy atom. The zero-order valence-electron chi connectivity index (χ0n) is 16.0. The number of rotatable bonds is 7. The van der Waals surface area contributed by atoms with E-state index in [1.54, 1.807) is 0 Å². The molecule has 0 spiro atoms. The van der Waals surface area contributed by atoms with Crippen LogP contribution in [0.2, 0.25) is 0 Å². The third kappa shape index (κ3) is 3.70. The predicted octanol–water partition coefficient (Wildman–Crippen LogP) is 3.05. The molecule has 2 aromatic carbocycles. The fourth-order valence-corrected chi connectivity index (χ4v) is 4.36. The standard InChI is InChI=1S/C22H27N5O/c28-17-16-23-22(14-8-3-9-15-22)21-24-25-26-27(21)20(18-10-4-1-5-11-18)19-12-6-2-7-13-19/h1-2,4-7,10-13,20,23,28H,3,8-9,14-17H2. The molecule has 4 rings (SSSR count). The normalized spacial score (nSPS) is 16.4. The van der Waals surface area contributed by atoms with Gasteiger partial charge in [0.15, 0.2) is 5.82 Å². The van der Waals surface area contributed by atoms with Crippen LogP contribution < -0.4 is 5.32 Å². The molecule has 146 valence electrons. The highest BCUT2D eigenvalue weighted by molar-refractivity contribution is 5.33. The number of benzene rings is 2. The lowest BCUT2D eigenvalue weighted by Crippen LogP contribution is -2.47. The molecule has 28 heavy (non-hydrogen) atoms. The van der Waals surface area contributed by atoms with E-state index in [0.29, 0.717) is 6.54 Å². The topological polar surface area (TPSA) is 75.9 Å². The van der Waals surface area contributed by atoms with Crippen molar-refractivity contribution in [1.82, 2.24) is 25.5 Å². The maximum absolute atomic E-state index is 9.42. The largest absolute Gasteiger partial charge is 0.395 e. The van der Waals surface area contributed by atoms with Crippen LogP contribution in [-0.4, -0.2) is 38.5 Å². The molecule has 1 aliphatic rings. The summed E-state index contributed by atoms with van der Waals surface area (Å²) in [5.41, 5.74) is 2.00. The minimum absolute atomic E-state index is 0.0953. The van der Waals surface area contributed by atoms with Gasteiger partial charge < -0.3 is 10.4 Å². The number of hydrogen-bond donors (Lipinski definition) is 2. The van der Waals surface area contributed by atoms with Crippen molar-refractivity contribution in [2.24, 2.45) is 0 Å². The first-order chi connectivity index (χ1) is 13.8. The fraction of sp³-hybridized carbons (Fsp3) is 0.409. The van der Waals surface area contributed by atoms with Gasteiger partial charge in [-0.25, -0.2) is 4.68 Å². The van der Waals surface area contributed by atoms with Gasteiger partial charge in [-0.15, -0.1) is 5.10 Å². The number of tetrazole rings is 1. The monoisotopic (exact) mass is 377 g/mol. The van der Waals surface area contributed by atoms with Crippen molar-refractivity contribution in [3.05, 3.63) is 77.6 Å². The van der Waals surface area contributed by atoms with E-state index in [2.05, 4.69) is 69.4 Å². The number of aliphatic hydroxyl groups excluding tert-OH is 1. The van der Waals surface area contributed by atoms with Gasteiger partial charge in [0.05, 0.1) is 12.1 Å². The molecule has 1 aromatic heterocycles. The summed E-state index contributed by atoms with van der Waals surface area (Å²) in [4.78, 5) is 0. The average Bonchev–Trinajstić information content (AvgIpc) is 3.25. The van der Waals surface area contributed by atoms with E-state index in [1.165, 1.54) is 6.42 Å². The third-order valence-corrected chi connectivity index (χ3v) is 5.68. The van der Waals surface area contributed by atoms with Gasteiger partial charge in [-0.2, -0.15) is 0 Å². The van der Waals surface area contributed by atoms with Gasteiger partial charge in [0, 0.05) is 6.54 Å². The molecule has 6 nitrogen and oxygen atoms in total. The van der Waals surface area contributed by atoms with Crippen molar-refractivity contribution < 1.29 is 5.11 Å². The second kappa shape index (κ2) is 8.63. The number of aliphatic hydroxyl groups is 1. The molecular weight excluding hydrogens is 350 g/mol. The van der Waals surface area contributed by atoms with Gasteiger partial charge in [-0.05, 0) is 34.4 Å². The third-order valence-electron chi connectivity index (χ3n) is 5.68. The maximum atomic E-state index is 9.42. The maximum Gasteiger partial charge on any atom is 0.172 e. The number of nitrogens with zero attached hydrogens (tertiary/aromatic N) is 4. The van der Waals surface area contributed by atoms with E-state index >= 15 is 0 Å². The van der Waals surface area contributed by atoms with Crippen LogP contribution in [0.15, 0.2) is 60.7 Å². The quantitative estimate of drug-likeness (QED) is 0.662. The van der Waals surface area contributed by atoms with E-state index in [4.69, 9.17) is 0 Å². The Bertz CT molecular complexity index is 819. The molecule has 0 atom stereocenters. The number of aromatic nitrogens is 4. The van der Waals surface area contributed by atoms with Crippen molar-refractivity contribution in [3.63, 3.8) is 0 Å². The van der Waals surface area contributed by atoms with Crippen LogP contribution in [0.5, 0.6) is 0 Å². The van der Waals surface area contributed by atoms with E-state index in [-0.39, 0.29) is 18.2 Å². The molecule has 1 saturated carbocycles. The first-order valence-corrected chi connectivity index (χ1v) is 10.1. The lowest BCUT2D eigenvalue weighted by molar-refractivity contribution is 0.187. The molecule has 1 heterocycles. The van der Waals surface area contributed by atoms with Crippen LogP contribution in [0.1, 0.15) is 55.1 Å². The minimum atomic E-state index is -0.299. The van der Waals surface area contributed by atoms with Gasteiger partial charge in [0.2, 0.25) is 0 Å². The van der Waals surface area contributed by atoms with Gasteiger partial charge in [-0.1, -0.05) is 79.9 Å². The fourth-order valence-electron chi connectivity index (χ4n) is 4.36. The zero-order valence-corrected chi connectivity index (χ0v) is 16.0. The smallest absolute Gasteiger partial charge is 0.172 e. The highest BCUT2D eigenvalue weighted by Gasteiger charge is 2.40. The summed E-state index contributed by atoms with van der Waals surface area (Å²) in [5, 5.41) is 26.0. The van der Waals surface area contributed by atoms with Crippen LogP contribution in [-0.2, 0) is 5.54 Å². The summed E-state index contributed by atoms with van der Waals surface area (Å²) in [6, 6.07) is 20.7. The van der Waals surface area contributed by atoms with Crippen molar-refractivity contribution in [2.45, 2.75) is 43.7 Å². The van der Waals surface area contributed by atoms with E-state index < -0.39 is 0 Å². The first kappa shape index (κ1) is 18.8. The van der Waals surface area contributed by atoms with Crippen LogP contribution in [0, 0.1) is 0 Å². The molecule has 2 N–H and O–H groups in total. The molecule has 0 amide bonds. The summed E-state index contributed by atoms with van der Waals surface area (Å²) in [7, 11) is 0. The molecule has 0 unspecified atom stereocenters. The summed E-state index contributed by atoms with van der Waals surface area (Å²) in [5.74, 6) is 0.860. The SMILES string of the molecule is OCCNC1(c2nnnn2C(c2ccccc2)c2ccccc2)CCCCC1. The van der Waals surface area contributed by atoms with Gasteiger partial charge in [-0.3, -0.25) is 0 Å². The second-order valence-corrected chi connectivity index (χ2v) is 7.46. The lowest BCUT2D eigenvalue weighted by atomic mass is 9.80. The molecule has 0 radical (unpaired) electrons. The Kier molecular flexibility index (Phi) is 5.78. The predicted molar refractivity (Wildman–Crippen MR) is 108 cm³/mol. The lowest BCUT2D eigenvalue weighted by Gasteiger charge is -2.38. The Morgan fingerprint density at radius 3 is 2.11 bits per heavy atom. The van der Waals surface area contributed by atoms with Crippen molar-refractivity contribution in [1.29, 1.82) is 0 Å². The molecular formula is C22H27N5O. The molecule has 3 aromatic rings. The van der Waals surface area contributed by atoms with Gasteiger partial charge >= 0.3 is 0 Å².